The fourth-order valence-electron chi connectivity index (χ4n) is 8.23. The van der Waals surface area contributed by atoms with E-state index in [1.807, 2.05) is 0 Å². The van der Waals surface area contributed by atoms with E-state index in [-0.39, 0.29) is 58.0 Å². The molecule has 46 heavy (non-hydrogen) atoms. The molecule has 0 spiro atoms. The van der Waals surface area contributed by atoms with E-state index >= 15 is 4.39 Å². The minimum atomic E-state index is -4.74. The summed E-state index contributed by atoms with van der Waals surface area (Å²) in [5, 5.41) is 14.2. The first kappa shape index (κ1) is 29.6. The van der Waals surface area contributed by atoms with Gasteiger partial charge in [-0.2, -0.15) is 23.1 Å². The van der Waals surface area contributed by atoms with Crippen LogP contribution in [-0.2, 0) is 6.18 Å². The van der Waals surface area contributed by atoms with Crippen LogP contribution in [0.2, 0.25) is 0 Å². The van der Waals surface area contributed by atoms with Gasteiger partial charge in [0.2, 0.25) is 0 Å². The van der Waals surface area contributed by atoms with Crippen molar-refractivity contribution in [3.63, 3.8) is 0 Å². The number of nitrogens with one attached hydrogen (secondary N) is 1. The van der Waals surface area contributed by atoms with Crippen LogP contribution in [0.5, 0.6) is 11.8 Å². The summed E-state index contributed by atoms with van der Waals surface area (Å²) in [4.78, 5) is 18.0. The maximum absolute atomic E-state index is 16.9. The number of phenols is 1. The van der Waals surface area contributed by atoms with Gasteiger partial charge in [0.1, 0.15) is 35.6 Å². The third-order valence-corrected chi connectivity index (χ3v) is 10.2. The molecule has 2 bridgehead atoms. The molecule has 0 saturated carbocycles. The van der Waals surface area contributed by atoms with Gasteiger partial charge in [0.25, 0.3) is 0 Å². The smallest absolute Gasteiger partial charge is 0.417 e. The summed E-state index contributed by atoms with van der Waals surface area (Å²) >= 11 is 0. The van der Waals surface area contributed by atoms with Gasteiger partial charge in [-0.15, -0.1) is 0 Å². The van der Waals surface area contributed by atoms with E-state index in [1.54, 1.807) is 6.92 Å². The number of rotatable bonds is 5. The van der Waals surface area contributed by atoms with Crippen molar-refractivity contribution in [1.82, 2.24) is 25.2 Å². The van der Waals surface area contributed by atoms with E-state index in [0.717, 1.165) is 44.4 Å². The second-order valence-corrected chi connectivity index (χ2v) is 13.2. The number of benzene rings is 2. The Kier molecular flexibility index (Phi) is 6.81. The van der Waals surface area contributed by atoms with Crippen LogP contribution >= 0.6 is 0 Å². The zero-order chi connectivity index (χ0) is 32.0. The number of aromatic hydroxyl groups is 1. The fourth-order valence-corrected chi connectivity index (χ4v) is 8.23. The van der Waals surface area contributed by atoms with Gasteiger partial charge >= 0.3 is 12.2 Å². The van der Waals surface area contributed by atoms with E-state index in [9.17, 15) is 22.7 Å². The molecule has 4 aliphatic rings. The second kappa shape index (κ2) is 10.6. The van der Waals surface area contributed by atoms with Crippen LogP contribution in [0.3, 0.4) is 0 Å². The SMILES string of the molecule is Cc1nc(-c2cc(O)cc3cccc(C(F)(F)F)c23)c(F)c2nc(OC[C@@]34CCCN3C[C@H](F)C4)nc(N3CC4CCC(C3)N4)c12. The lowest BCUT2D eigenvalue weighted by atomic mass is 9.95. The topological polar surface area (TPSA) is 86.6 Å². The Bertz CT molecular complexity index is 1860. The zero-order valence-electron chi connectivity index (χ0n) is 25.2. The number of hydrogen-bond acceptors (Lipinski definition) is 8. The number of piperazine rings is 1. The normalized spacial score (nSPS) is 26.4. The Morgan fingerprint density at radius 3 is 2.61 bits per heavy atom. The molecule has 0 amide bonds. The Balaban J connectivity index is 1.30. The quantitative estimate of drug-likeness (QED) is 0.261. The van der Waals surface area contributed by atoms with Crippen molar-refractivity contribution in [2.45, 2.75) is 69.0 Å². The van der Waals surface area contributed by atoms with Crippen molar-refractivity contribution >= 4 is 27.5 Å². The van der Waals surface area contributed by atoms with Crippen LogP contribution in [0.15, 0.2) is 30.3 Å². The molecule has 8 rings (SSSR count). The number of nitrogens with zero attached hydrogens (tertiary/aromatic N) is 5. The molecule has 4 aliphatic heterocycles. The van der Waals surface area contributed by atoms with Gasteiger partial charge in [-0.05, 0) is 62.7 Å². The Morgan fingerprint density at radius 2 is 1.85 bits per heavy atom. The Hall–Kier alpha value is -3.84. The molecule has 2 unspecified atom stereocenters. The number of hydrogen-bond donors (Lipinski definition) is 2. The predicted molar refractivity (Wildman–Crippen MR) is 162 cm³/mol. The highest BCUT2D eigenvalue weighted by atomic mass is 19.4. The van der Waals surface area contributed by atoms with Gasteiger partial charge in [0.05, 0.1) is 22.2 Å². The van der Waals surface area contributed by atoms with Crippen LogP contribution in [0.1, 0.15) is 43.4 Å². The molecular formula is C33H33F5N6O2. The Labute approximate surface area is 261 Å². The summed E-state index contributed by atoms with van der Waals surface area (Å²) in [7, 11) is 0. The number of phenolic OH excluding ortho intramolecular Hbond substituents is 1. The lowest BCUT2D eigenvalue weighted by Gasteiger charge is -2.35. The first-order valence-corrected chi connectivity index (χ1v) is 15.7. The van der Waals surface area contributed by atoms with E-state index < -0.39 is 29.3 Å². The van der Waals surface area contributed by atoms with Gasteiger partial charge in [-0.25, -0.2) is 13.8 Å². The number of alkyl halides is 4. The molecule has 4 saturated heterocycles. The number of halogens is 5. The van der Waals surface area contributed by atoms with Gasteiger partial charge < -0.3 is 20.1 Å². The standard InChI is InChI=1S/C33H33F5N6O2/c1-17-25-29(27(35)28(39-17)23-11-22(45)10-18-4-2-5-24(26(18)23)33(36,37)38)41-31(42-30(25)43-14-20-6-7-21(15-43)40-20)46-16-32-8-3-9-44(32)13-19(34)12-32/h2,4-5,10-11,19-21,40,45H,3,6-9,12-16H2,1H3/t19-,20?,21?,32+/m1/s1. The minimum Gasteiger partial charge on any atom is -0.508 e. The first-order chi connectivity index (χ1) is 22.0. The molecule has 242 valence electrons. The summed E-state index contributed by atoms with van der Waals surface area (Å²) in [6.07, 6.45) is -1.68. The van der Waals surface area contributed by atoms with Crippen molar-refractivity contribution < 1.29 is 31.8 Å². The van der Waals surface area contributed by atoms with Crippen LogP contribution in [0.25, 0.3) is 32.9 Å². The van der Waals surface area contributed by atoms with Crippen LogP contribution in [-0.4, -0.2) is 81.5 Å². The van der Waals surface area contributed by atoms with Crippen molar-refractivity contribution in [1.29, 1.82) is 0 Å². The lowest BCUT2D eigenvalue weighted by molar-refractivity contribution is -0.136. The van der Waals surface area contributed by atoms with Crippen molar-refractivity contribution in [3.8, 4) is 23.0 Å². The van der Waals surface area contributed by atoms with Gasteiger partial charge in [-0.1, -0.05) is 12.1 Å². The predicted octanol–water partition coefficient (Wildman–Crippen LogP) is 5.91. The number of ether oxygens (including phenoxy) is 1. The Morgan fingerprint density at radius 1 is 1.07 bits per heavy atom. The van der Waals surface area contributed by atoms with Crippen molar-refractivity contribution in [2.24, 2.45) is 0 Å². The summed E-state index contributed by atoms with van der Waals surface area (Å²) in [6.45, 7) is 4.15. The summed E-state index contributed by atoms with van der Waals surface area (Å²) in [5.74, 6) is -0.824. The molecule has 2 N–H and O–H groups in total. The first-order valence-electron chi connectivity index (χ1n) is 15.7. The highest BCUT2D eigenvalue weighted by Gasteiger charge is 2.49. The van der Waals surface area contributed by atoms with Crippen LogP contribution in [0, 0.1) is 12.7 Å². The number of aromatic nitrogens is 3. The van der Waals surface area contributed by atoms with E-state index in [4.69, 9.17) is 9.72 Å². The van der Waals surface area contributed by atoms with Gasteiger partial charge in [0, 0.05) is 49.1 Å². The van der Waals surface area contributed by atoms with Crippen molar-refractivity contribution in [3.05, 3.63) is 47.4 Å². The molecule has 4 aromatic rings. The average molecular weight is 641 g/mol. The number of aryl methyl sites for hydroxylation is 1. The largest absolute Gasteiger partial charge is 0.508 e. The third kappa shape index (κ3) is 4.81. The number of fused-ring (bicyclic) bond motifs is 5. The molecular weight excluding hydrogens is 607 g/mol. The maximum Gasteiger partial charge on any atom is 0.417 e. The minimum absolute atomic E-state index is 0.0795. The molecule has 6 heterocycles. The molecule has 2 aromatic heterocycles. The second-order valence-electron chi connectivity index (χ2n) is 13.2. The zero-order valence-corrected chi connectivity index (χ0v) is 25.2. The van der Waals surface area contributed by atoms with Crippen LogP contribution < -0.4 is 15.0 Å². The lowest BCUT2D eigenvalue weighted by Crippen LogP contribution is -2.51. The molecule has 0 radical (unpaired) electrons. The third-order valence-electron chi connectivity index (χ3n) is 10.2. The van der Waals surface area contributed by atoms with E-state index in [1.165, 1.54) is 18.2 Å². The molecule has 0 aliphatic carbocycles. The van der Waals surface area contributed by atoms with E-state index in [2.05, 4.69) is 25.1 Å². The number of anilines is 1. The molecule has 2 aromatic carbocycles. The van der Waals surface area contributed by atoms with Crippen LogP contribution in [0.4, 0.5) is 27.8 Å². The highest BCUT2D eigenvalue weighted by molar-refractivity contribution is 6.02. The molecule has 4 fully saturated rings. The fraction of sp³-hybridized carbons (Fsp3) is 0.485. The maximum atomic E-state index is 16.9. The summed E-state index contributed by atoms with van der Waals surface area (Å²) in [5.41, 5.74) is -1.82. The van der Waals surface area contributed by atoms with E-state index in [0.29, 0.717) is 43.0 Å². The molecule has 4 atom stereocenters. The number of pyridine rings is 1. The summed E-state index contributed by atoms with van der Waals surface area (Å²) < 4.78 is 80.1. The highest BCUT2D eigenvalue weighted by Crippen LogP contribution is 2.44. The molecule has 8 nitrogen and oxygen atoms in total. The van der Waals surface area contributed by atoms with Gasteiger partial charge in [-0.3, -0.25) is 4.90 Å². The monoisotopic (exact) mass is 640 g/mol. The molecule has 13 heteroatoms. The van der Waals surface area contributed by atoms with Crippen molar-refractivity contribution in [2.75, 3.05) is 37.7 Å². The summed E-state index contributed by atoms with van der Waals surface area (Å²) in [6, 6.07) is 6.30. The van der Waals surface area contributed by atoms with Gasteiger partial charge in [0.15, 0.2) is 5.82 Å². The average Bonchev–Trinajstić information content (AvgIpc) is 3.66.